The number of rotatable bonds is 6. The van der Waals surface area contributed by atoms with Gasteiger partial charge in [-0.2, -0.15) is 0 Å². The van der Waals surface area contributed by atoms with Crippen molar-refractivity contribution in [2.45, 2.75) is 32.7 Å². The third kappa shape index (κ3) is 4.31. The Balaban J connectivity index is 1.30. The predicted molar refractivity (Wildman–Crippen MR) is 114 cm³/mol. The van der Waals surface area contributed by atoms with Crippen molar-refractivity contribution >= 4 is 40.2 Å². The van der Waals surface area contributed by atoms with Crippen molar-refractivity contribution in [3.8, 4) is 10.6 Å². The van der Waals surface area contributed by atoms with E-state index < -0.39 is 0 Å². The molecule has 0 spiro atoms. The zero-order valence-corrected chi connectivity index (χ0v) is 17.2. The number of aryl methyl sites for hydroxylation is 1. The van der Waals surface area contributed by atoms with Gasteiger partial charge in [0, 0.05) is 28.9 Å². The molecule has 1 N–H and O–H groups in total. The van der Waals surface area contributed by atoms with Crippen molar-refractivity contribution in [3.63, 3.8) is 0 Å². The van der Waals surface area contributed by atoms with Gasteiger partial charge in [-0.1, -0.05) is 12.1 Å². The van der Waals surface area contributed by atoms with E-state index >= 15 is 0 Å². The third-order valence-electron chi connectivity index (χ3n) is 4.68. The molecule has 0 atom stereocenters. The molecule has 0 unspecified atom stereocenters. The van der Waals surface area contributed by atoms with Crippen molar-refractivity contribution in [2.24, 2.45) is 0 Å². The molecule has 3 aromatic rings. The van der Waals surface area contributed by atoms with E-state index in [0.717, 1.165) is 44.7 Å². The first-order valence-corrected chi connectivity index (χ1v) is 11.0. The van der Waals surface area contributed by atoms with Gasteiger partial charge in [-0.15, -0.1) is 22.7 Å². The molecular formula is C21H21N3O2S2. The Bertz CT molecular complexity index is 991. The Morgan fingerprint density at radius 3 is 2.71 bits per heavy atom. The van der Waals surface area contributed by atoms with Crippen molar-refractivity contribution in [1.82, 2.24) is 10.3 Å². The van der Waals surface area contributed by atoms with Crippen LogP contribution >= 0.6 is 22.7 Å². The first-order valence-electron chi connectivity index (χ1n) is 9.26. The zero-order valence-electron chi connectivity index (χ0n) is 15.6. The maximum absolute atomic E-state index is 12.3. The highest BCUT2D eigenvalue weighted by Gasteiger charge is 2.21. The largest absolute Gasteiger partial charge is 0.351 e. The lowest BCUT2D eigenvalue weighted by molar-refractivity contribution is -0.120. The molecule has 1 fully saturated rings. The highest BCUT2D eigenvalue weighted by Crippen LogP contribution is 2.29. The third-order valence-corrected chi connectivity index (χ3v) is 6.56. The summed E-state index contributed by atoms with van der Waals surface area (Å²) in [5.41, 5.74) is 2.86. The number of hydrogen-bond acceptors (Lipinski definition) is 5. The molecule has 28 heavy (non-hydrogen) atoms. The van der Waals surface area contributed by atoms with E-state index in [2.05, 4.69) is 21.7 Å². The van der Waals surface area contributed by atoms with Crippen LogP contribution < -0.4 is 10.2 Å². The minimum Gasteiger partial charge on any atom is -0.351 e. The molecule has 144 valence electrons. The van der Waals surface area contributed by atoms with E-state index in [-0.39, 0.29) is 11.8 Å². The van der Waals surface area contributed by atoms with Crippen molar-refractivity contribution in [1.29, 1.82) is 0 Å². The molecule has 1 aliphatic heterocycles. The molecule has 1 saturated heterocycles. The van der Waals surface area contributed by atoms with Crippen LogP contribution in [-0.4, -0.2) is 23.3 Å². The predicted octanol–water partition coefficient (Wildman–Crippen LogP) is 4.17. The van der Waals surface area contributed by atoms with Gasteiger partial charge < -0.3 is 10.2 Å². The maximum Gasteiger partial charge on any atom is 0.227 e. The van der Waals surface area contributed by atoms with Gasteiger partial charge in [-0.3, -0.25) is 9.59 Å². The molecule has 0 saturated carbocycles. The van der Waals surface area contributed by atoms with Crippen LogP contribution in [0.15, 0.2) is 41.8 Å². The summed E-state index contributed by atoms with van der Waals surface area (Å²) >= 11 is 3.30. The summed E-state index contributed by atoms with van der Waals surface area (Å²) in [7, 11) is 0. The molecule has 2 amide bonds. The van der Waals surface area contributed by atoms with Crippen LogP contribution in [0.4, 0.5) is 5.69 Å². The Morgan fingerprint density at radius 2 is 2.04 bits per heavy atom. The van der Waals surface area contributed by atoms with Crippen molar-refractivity contribution in [3.05, 3.63) is 57.2 Å². The molecular weight excluding hydrogens is 390 g/mol. The van der Waals surface area contributed by atoms with Gasteiger partial charge >= 0.3 is 0 Å². The molecule has 1 aliphatic rings. The van der Waals surface area contributed by atoms with Crippen LogP contribution in [0.5, 0.6) is 0 Å². The summed E-state index contributed by atoms with van der Waals surface area (Å²) in [6.45, 7) is 3.30. The van der Waals surface area contributed by atoms with Crippen molar-refractivity contribution in [2.75, 3.05) is 11.4 Å². The highest BCUT2D eigenvalue weighted by atomic mass is 32.1. The summed E-state index contributed by atoms with van der Waals surface area (Å²) < 4.78 is 0. The standard InChI is InChI=1S/C21H21N3O2S2/c1-14-23-18(13-27-14)19-9-8-17(28-19)12-22-20(25)11-15-4-6-16(7-5-15)24-10-2-3-21(24)26/h4-9,13H,2-3,10-12H2,1H3,(H,22,25). The summed E-state index contributed by atoms with van der Waals surface area (Å²) in [6.07, 6.45) is 1.86. The monoisotopic (exact) mass is 411 g/mol. The Kier molecular flexibility index (Phi) is 5.54. The molecule has 1 aromatic carbocycles. The second-order valence-electron chi connectivity index (χ2n) is 6.79. The normalized spacial score (nSPS) is 13.9. The molecule has 4 rings (SSSR count). The lowest BCUT2D eigenvalue weighted by Crippen LogP contribution is -2.25. The molecule has 5 nitrogen and oxygen atoms in total. The lowest BCUT2D eigenvalue weighted by atomic mass is 10.1. The molecule has 0 aliphatic carbocycles. The molecule has 7 heteroatoms. The van der Waals surface area contributed by atoms with Crippen molar-refractivity contribution < 1.29 is 9.59 Å². The summed E-state index contributed by atoms with van der Waals surface area (Å²) in [5, 5.41) is 6.10. The Morgan fingerprint density at radius 1 is 1.21 bits per heavy atom. The smallest absolute Gasteiger partial charge is 0.227 e. The number of nitrogens with one attached hydrogen (secondary N) is 1. The highest BCUT2D eigenvalue weighted by molar-refractivity contribution is 7.16. The molecule has 0 bridgehead atoms. The minimum atomic E-state index is -0.00977. The van der Waals surface area contributed by atoms with E-state index in [9.17, 15) is 9.59 Å². The van der Waals surface area contributed by atoms with Gasteiger partial charge in [0.15, 0.2) is 0 Å². The number of hydrogen-bond donors (Lipinski definition) is 1. The van der Waals surface area contributed by atoms with E-state index in [1.165, 1.54) is 0 Å². The van der Waals surface area contributed by atoms with Gasteiger partial charge in [0.2, 0.25) is 11.8 Å². The van der Waals surface area contributed by atoms with Gasteiger partial charge in [-0.05, 0) is 43.2 Å². The SMILES string of the molecule is Cc1nc(-c2ccc(CNC(=O)Cc3ccc(N4CCCC4=O)cc3)s2)cs1. The maximum atomic E-state index is 12.3. The number of amides is 2. The van der Waals surface area contributed by atoms with E-state index in [4.69, 9.17) is 0 Å². The van der Waals surface area contributed by atoms with E-state index in [1.54, 1.807) is 22.7 Å². The van der Waals surface area contributed by atoms with Crippen LogP contribution in [0, 0.1) is 6.92 Å². The number of anilines is 1. The van der Waals surface area contributed by atoms with Gasteiger partial charge in [0.1, 0.15) is 0 Å². The van der Waals surface area contributed by atoms with Gasteiger partial charge in [0.25, 0.3) is 0 Å². The van der Waals surface area contributed by atoms with E-state index in [1.807, 2.05) is 42.2 Å². The number of nitrogens with zero attached hydrogens (tertiary/aromatic N) is 2. The number of carbonyl (C=O) groups is 2. The van der Waals surface area contributed by atoms with Crippen LogP contribution in [0.2, 0.25) is 0 Å². The summed E-state index contributed by atoms with van der Waals surface area (Å²) in [4.78, 5) is 32.6. The number of benzene rings is 1. The number of carbonyl (C=O) groups excluding carboxylic acids is 2. The Hall–Kier alpha value is -2.51. The fourth-order valence-electron chi connectivity index (χ4n) is 3.24. The summed E-state index contributed by atoms with van der Waals surface area (Å²) in [6, 6.07) is 11.8. The van der Waals surface area contributed by atoms with Crippen LogP contribution in [0.1, 0.15) is 28.3 Å². The van der Waals surface area contributed by atoms with Crippen LogP contribution in [0.3, 0.4) is 0 Å². The molecule has 3 heterocycles. The molecule has 0 radical (unpaired) electrons. The zero-order chi connectivity index (χ0) is 19.5. The minimum absolute atomic E-state index is 0.00977. The lowest BCUT2D eigenvalue weighted by Gasteiger charge is -2.15. The average Bonchev–Trinajstić information content (AvgIpc) is 3.42. The second kappa shape index (κ2) is 8.24. The first-order chi connectivity index (χ1) is 13.6. The Labute approximate surface area is 172 Å². The average molecular weight is 412 g/mol. The van der Waals surface area contributed by atoms with Crippen LogP contribution in [-0.2, 0) is 22.6 Å². The number of aromatic nitrogens is 1. The van der Waals surface area contributed by atoms with Gasteiger partial charge in [0.05, 0.1) is 28.5 Å². The fourth-order valence-corrected chi connectivity index (χ4v) is 4.83. The second-order valence-corrected chi connectivity index (χ2v) is 9.02. The first kappa shape index (κ1) is 18.8. The number of thiazole rings is 1. The number of thiophene rings is 1. The quantitative estimate of drug-likeness (QED) is 0.662. The summed E-state index contributed by atoms with van der Waals surface area (Å²) in [5.74, 6) is 0.165. The van der Waals surface area contributed by atoms with Gasteiger partial charge in [-0.25, -0.2) is 4.98 Å². The van der Waals surface area contributed by atoms with Crippen LogP contribution in [0.25, 0.3) is 10.6 Å². The molecule has 2 aromatic heterocycles. The van der Waals surface area contributed by atoms with E-state index in [0.29, 0.717) is 19.4 Å². The topological polar surface area (TPSA) is 62.3 Å². The fraction of sp³-hybridized carbons (Fsp3) is 0.286.